The van der Waals surface area contributed by atoms with Crippen LogP contribution in [-0.4, -0.2) is 5.11 Å². The summed E-state index contributed by atoms with van der Waals surface area (Å²) in [6, 6.07) is 12.0. The highest BCUT2D eigenvalue weighted by molar-refractivity contribution is 6.31. The van der Waals surface area contributed by atoms with Gasteiger partial charge in [-0.25, -0.2) is 0 Å². The van der Waals surface area contributed by atoms with E-state index in [0.717, 1.165) is 5.39 Å². The van der Waals surface area contributed by atoms with Gasteiger partial charge in [0.1, 0.15) is 17.1 Å². The first-order chi connectivity index (χ1) is 8.63. The van der Waals surface area contributed by atoms with Crippen LogP contribution in [0, 0.1) is 0 Å². The van der Waals surface area contributed by atoms with E-state index in [0.29, 0.717) is 27.0 Å². The first kappa shape index (κ1) is 11.5. The molecule has 0 aliphatic carbocycles. The van der Waals surface area contributed by atoms with E-state index >= 15 is 0 Å². The summed E-state index contributed by atoms with van der Waals surface area (Å²) in [7, 11) is 0. The minimum atomic E-state index is 0.129. The summed E-state index contributed by atoms with van der Waals surface area (Å²) in [4.78, 5) is 0. The van der Waals surface area contributed by atoms with Crippen LogP contribution in [0.1, 0.15) is 0 Å². The highest BCUT2D eigenvalue weighted by Crippen LogP contribution is 2.35. The second-order valence-electron chi connectivity index (χ2n) is 3.95. The van der Waals surface area contributed by atoms with Crippen molar-refractivity contribution in [2.45, 2.75) is 0 Å². The summed E-state index contributed by atoms with van der Waals surface area (Å²) in [6.45, 7) is 0. The fourth-order valence-corrected chi connectivity index (χ4v) is 2.21. The minimum Gasteiger partial charge on any atom is -0.507 e. The van der Waals surface area contributed by atoms with Crippen molar-refractivity contribution in [1.29, 1.82) is 0 Å². The smallest absolute Gasteiger partial charge is 0.139 e. The highest BCUT2D eigenvalue weighted by Gasteiger charge is 2.11. The molecule has 1 aromatic heterocycles. The number of halogens is 2. The first-order valence-corrected chi connectivity index (χ1v) is 6.07. The van der Waals surface area contributed by atoms with E-state index < -0.39 is 0 Å². The normalized spacial score (nSPS) is 11.0. The third kappa shape index (κ3) is 1.94. The molecule has 18 heavy (non-hydrogen) atoms. The Balaban J connectivity index is 2.22. The number of furan rings is 1. The van der Waals surface area contributed by atoms with Gasteiger partial charge in [-0.2, -0.15) is 0 Å². The lowest BCUT2D eigenvalue weighted by molar-refractivity contribution is 0.475. The highest BCUT2D eigenvalue weighted by atomic mass is 35.5. The van der Waals surface area contributed by atoms with Crippen LogP contribution in [0.15, 0.2) is 46.9 Å². The van der Waals surface area contributed by atoms with Crippen molar-refractivity contribution < 1.29 is 9.52 Å². The van der Waals surface area contributed by atoms with E-state index in [9.17, 15) is 5.11 Å². The second kappa shape index (κ2) is 4.23. The van der Waals surface area contributed by atoms with Gasteiger partial charge in [-0.15, -0.1) is 0 Å². The zero-order chi connectivity index (χ0) is 12.7. The third-order valence-electron chi connectivity index (χ3n) is 2.70. The summed E-state index contributed by atoms with van der Waals surface area (Å²) in [5, 5.41) is 11.9. The molecular weight excluding hydrogens is 271 g/mol. The fraction of sp³-hybridized carbons (Fsp3) is 0. The summed E-state index contributed by atoms with van der Waals surface area (Å²) in [5.41, 5.74) is 1.28. The van der Waals surface area contributed by atoms with Crippen molar-refractivity contribution in [3.05, 3.63) is 52.5 Å². The average molecular weight is 279 g/mol. The van der Waals surface area contributed by atoms with E-state index in [1.54, 1.807) is 24.3 Å². The summed E-state index contributed by atoms with van der Waals surface area (Å²) in [6.07, 6.45) is 0. The molecule has 0 radical (unpaired) electrons. The molecule has 3 aromatic rings. The Morgan fingerprint density at radius 2 is 1.61 bits per heavy atom. The van der Waals surface area contributed by atoms with Crippen LogP contribution in [-0.2, 0) is 0 Å². The fourth-order valence-electron chi connectivity index (χ4n) is 1.85. The molecule has 0 aliphatic rings. The Morgan fingerprint density at radius 3 is 2.44 bits per heavy atom. The second-order valence-corrected chi connectivity index (χ2v) is 4.83. The van der Waals surface area contributed by atoms with Gasteiger partial charge in [0.25, 0.3) is 0 Å². The lowest BCUT2D eigenvalue weighted by Gasteiger charge is -2.00. The number of rotatable bonds is 1. The topological polar surface area (TPSA) is 33.4 Å². The Morgan fingerprint density at radius 1 is 0.889 bits per heavy atom. The first-order valence-electron chi connectivity index (χ1n) is 5.31. The number of fused-ring (bicyclic) bond motifs is 1. The van der Waals surface area contributed by atoms with Crippen LogP contribution in [0.2, 0.25) is 10.0 Å². The number of aromatic hydroxyl groups is 1. The maximum atomic E-state index is 9.82. The average Bonchev–Trinajstić information content (AvgIpc) is 2.74. The molecule has 0 saturated carbocycles. The molecule has 0 unspecified atom stereocenters. The Bertz CT molecular complexity index is 732. The number of hydrogen-bond donors (Lipinski definition) is 1. The van der Waals surface area contributed by atoms with Gasteiger partial charge in [-0.05, 0) is 42.5 Å². The SMILES string of the molecule is Oc1ccc(Cl)cc1-c1cc2cc(Cl)ccc2o1. The van der Waals surface area contributed by atoms with Gasteiger partial charge in [0.2, 0.25) is 0 Å². The van der Waals surface area contributed by atoms with Crippen molar-refractivity contribution in [2.75, 3.05) is 0 Å². The van der Waals surface area contributed by atoms with Crippen LogP contribution in [0.25, 0.3) is 22.3 Å². The predicted octanol–water partition coefficient (Wildman–Crippen LogP) is 5.11. The van der Waals surface area contributed by atoms with Gasteiger partial charge >= 0.3 is 0 Å². The van der Waals surface area contributed by atoms with Gasteiger partial charge in [-0.3, -0.25) is 0 Å². The van der Waals surface area contributed by atoms with E-state index in [1.807, 2.05) is 12.1 Å². The standard InChI is InChI=1S/C14H8Cl2O2/c15-9-2-4-13-8(5-9)6-14(18-13)11-7-10(16)1-3-12(11)17/h1-7,17H. The molecule has 0 saturated heterocycles. The molecule has 1 heterocycles. The number of phenolic OH excluding ortho intramolecular Hbond substituents is 1. The molecule has 2 nitrogen and oxygen atoms in total. The van der Waals surface area contributed by atoms with Gasteiger partial charge in [-0.1, -0.05) is 23.2 Å². The van der Waals surface area contributed by atoms with Crippen molar-refractivity contribution in [3.63, 3.8) is 0 Å². The largest absolute Gasteiger partial charge is 0.507 e. The van der Waals surface area contributed by atoms with Crippen LogP contribution < -0.4 is 0 Å². The number of phenols is 1. The summed E-state index contributed by atoms with van der Waals surface area (Å²) < 4.78 is 5.67. The van der Waals surface area contributed by atoms with Gasteiger partial charge < -0.3 is 9.52 Å². The van der Waals surface area contributed by atoms with Crippen molar-refractivity contribution in [1.82, 2.24) is 0 Å². The molecular formula is C14H8Cl2O2. The van der Waals surface area contributed by atoms with Gasteiger partial charge in [0.05, 0.1) is 5.56 Å². The maximum Gasteiger partial charge on any atom is 0.139 e. The van der Waals surface area contributed by atoms with Crippen LogP contribution in [0.3, 0.4) is 0 Å². The molecule has 0 fully saturated rings. The number of benzene rings is 2. The van der Waals surface area contributed by atoms with Gasteiger partial charge in [0, 0.05) is 15.4 Å². The molecule has 4 heteroatoms. The van der Waals surface area contributed by atoms with Crippen LogP contribution in [0.5, 0.6) is 5.75 Å². The quantitative estimate of drug-likeness (QED) is 0.671. The lowest BCUT2D eigenvalue weighted by atomic mass is 10.1. The van der Waals surface area contributed by atoms with E-state index in [2.05, 4.69) is 0 Å². The molecule has 0 bridgehead atoms. The van der Waals surface area contributed by atoms with Crippen molar-refractivity contribution in [2.24, 2.45) is 0 Å². The third-order valence-corrected chi connectivity index (χ3v) is 3.17. The van der Waals surface area contributed by atoms with Crippen molar-refractivity contribution >= 4 is 34.2 Å². The van der Waals surface area contributed by atoms with E-state index in [4.69, 9.17) is 27.6 Å². The predicted molar refractivity (Wildman–Crippen MR) is 73.3 cm³/mol. The molecule has 3 rings (SSSR count). The molecule has 0 atom stereocenters. The number of hydrogen-bond acceptors (Lipinski definition) is 2. The van der Waals surface area contributed by atoms with E-state index in [1.165, 1.54) is 6.07 Å². The zero-order valence-electron chi connectivity index (χ0n) is 9.15. The molecule has 2 aromatic carbocycles. The zero-order valence-corrected chi connectivity index (χ0v) is 10.7. The van der Waals surface area contributed by atoms with Crippen LogP contribution >= 0.6 is 23.2 Å². The Kier molecular flexibility index (Phi) is 2.69. The lowest BCUT2D eigenvalue weighted by Crippen LogP contribution is -1.75. The molecule has 1 N–H and O–H groups in total. The summed E-state index contributed by atoms with van der Waals surface area (Å²) in [5.74, 6) is 0.691. The Hall–Kier alpha value is -1.64. The minimum absolute atomic E-state index is 0.129. The Labute approximate surface area is 113 Å². The van der Waals surface area contributed by atoms with Crippen molar-refractivity contribution in [3.8, 4) is 17.1 Å². The molecule has 0 amide bonds. The maximum absolute atomic E-state index is 9.82. The molecule has 90 valence electrons. The van der Waals surface area contributed by atoms with Gasteiger partial charge in [0.15, 0.2) is 0 Å². The molecule has 0 aliphatic heterocycles. The molecule has 0 spiro atoms. The van der Waals surface area contributed by atoms with E-state index in [-0.39, 0.29) is 5.75 Å². The summed E-state index contributed by atoms with van der Waals surface area (Å²) >= 11 is 11.8. The van der Waals surface area contributed by atoms with Crippen LogP contribution in [0.4, 0.5) is 0 Å². The monoisotopic (exact) mass is 278 g/mol.